The fourth-order valence-corrected chi connectivity index (χ4v) is 5.67. The van der Waals surface area contributed by atoms with Gasteiger partial charge in [-0.05, 0) is 54.8 Å². The predicted molar refractivity (Wildman–Crippen MR) is 142 cm³/mol. The minimum Gasteiger partial charge on any atom is -0.632 e. The number of carboxylic acids is 1. The summed E-state index contributed by atoms with van der Waals surface area (Å²) in [4.78, 5) is 28.1. The molecule has 0 aliphatic carbocycles. The summed E-state index contributed by atoms with van der Waals surface area (Å²) in [6.07, 6.45) is 3.59. The summed E-state index contributed by atoms with van der Waals surface area (Å²) in [7, 11) is 1.55. The smallest absolute Gasteiger partial charge is 0.313 e. The number of amides is 1. The van der Waals surface area contributed by atoms with Crippen LogP contribution in [0.4, 0.5) is 0 Å². The number of hydrogen-bond acceptors (Lipinski definition) is 6. The Balaban J connectivity index is 1.73. The lowest BCUT2D eigenvalue weighted by Gasteiger charge is -2.45. The van der Waals surface area contributed by atoms with Crippen LogP contribution in [0.15, 0.2) is 42.5 Å². The van der Waals surface area contributed by atoms with E-state index in [0.29, 0.717) is 41.5 Å². The second kappa shape index (κ2) is 12.0. The molecule has 1 saturated heterocycles. The molecule has 9 nitrogen and oxygen atoms in total. The maximum absolute atomic E-state index is 14.7. The van der Waals surface area contributed by atoms with Crippen molar-refractivity contribution in [3.63, 3.8) is 0 Å². The van der Waals surface area contributed by atoms with E-state index in [0.717, 1.165) is 25.7 Å². The first-order chi connectivity index (χ1) is 18.3. The summed E-state index contributed by atoms with van der Waals surface area (Å²) in [5, 5.41) is 25.2. The highest BCUT2D eigenvalue weighted by Crippen LogP contribution is 2.51. The lowest BCUT2D eigenvalue weighted by atomic mass is 9.82. The fourth-order valence-electron chi connectivity index (χ4n) is 5.67. The lowest BCUT2D eigenvalue weighted by molar-refractivity contribution is -0.892. The maximum atomic E-state index is 14.7. The van der Waals surface area contributed by atoms with Gasteiger partial charge in [-0.15, -0.1) is 0 Å². The molecule has 2 aliphatic heterocycles. The van der Waals surface area contributed by atoms with Gasteiger partial charge in [-0.1, -0.05) is 32.8 Å². The summed E-state index contributed by atoms with van der Waals surface area (Å²) >= 11 is 0. The topological polar surface area (TPSA) is 108 Å². The Hall–Kier alpha value is -3.30. The average molecular weight is 527 g/mol. The summed E-state index contributed by atoms with van der Waals surface area (Å²) in [6.45, 7) is 5.08. The quantitative estimate of drug-likeness (QED) is 0.315. The first-order valence-electron chi connectivity index (χ1n) is 13.4. The normalized spacial score (nSPS) is 23.8. The third-order valence-electron chi connectivity index (χ3n) is 7.67. The molecule has 9 heteroatoms. The van der Waals surface area contributed by atoms with Gasteiger partial charge in [-0.25, -0.2) is 0 Å². The Morgan fingerprint density at radius 1 is 1.03 bits per heavy atom. The molecule has 0 aromatic heterocycles. The second-order valence-corrected chi connectivity index (χ2v) is 10.2. The third-order valence-corrected chi connectivity index (χ3v) is 7.67. The average Bonchev–Trinajstić information content (AvgIpc) is 3.50. The molecule has 2 aromatic rings. The SMILES string of the molecule is CCCCN(CCCC)C(=O)C[N+]1([O-])C[C@H](c2ccc3c(c2)OCO3)[C@@H](C(=O)O)[C@@H]1c1ccc(OC)cc1. The number of benzene rings is 2. The Labute approximate surface area is 224 Å². The number of ether oxygens (including phenoxy) is 3. The Bertz CT molecular complexity index is 1110. The first-order valence-corrected chi connectivity index (χ1v) is 13.4. The number of hydroxylamine groups is 3. The van der Waals surface area contributed by atoms with Crippen molar-refractivity contribution >= 4 is 11.9 Å². The highest BCUT2D eigenvalue weighted by atomic mass is 16.7. The van der Waals surface area contributed by atoms with Gasteiger partial charge in [0.25, 0.3) is 5.91 Å². The minimum atomic E-state index is -1.06. The number of nitrogens with zero attached hydrogens (tertiary/aromatic N) is 2. The zero-order chi connectivity index (χ0) is 27.3. The number of fused-ring (bicyclic) bond motifs is 1. The van der Waals surface area contributed by atoms with Gasteiger partial charge in [0.2, 0.25) is 6.79 Å². The van der Waals surface area contributed by atoms with Gasteiger partial charge in [0.15, 0.2) is 18.0 Å². The number of carboxylic acid groups (broad SMARTS) is 1. The summed E-state index contributed by atoms with van der Waals surface area (Å²) in [5.74, 6) is -1.21. The third kappa shape index (κ3) is 5.73. The van der Waals surface area contributed by atoms with Crippen LogP contribution in [-0.2, 0) is 9.59 Å². The molecular weight excluding hydrogens is 488 g/mol. The van der Waals surface area contributed by atoms with Crippen LogP contribution in [0.25, 0.3) is 0 Å². The Morgan fingerprint density at radius 2 is 1.66 bits per heavy atom. The molecule has 1 amide bonds. The van der Waals surface area contributed by atoms with Crippen molar-refractivity contribution in [3.05, 3.63) is 58.8 Å². The second-order valence-electron chi connectivity index (χ2n) is 10.2. The van der Waals surface area contributed by atoms with E-state index in [1.807, 2.05) is 0 Å². The lowest BCUT2D eigenvalue weighted by Crippen LogP contribution is -2.51. The van der Waals surface area contributed by atoms with E-state index in [9.17, 15) is 19.9 Å². The van der Waals surface area contributed by atoms with Gasteiger partial charge in [0, 0.05) is 18.7 Å². The molecule has 0 bridgehead atoms. The van der Waals surface area contributed by atoms with E-state index in [1.165, 1.54) is 0 Å². The van der Waals surface area contributed by atoms with Gasteiger partial charge in [-0.3, -0.25) is 9.59 Å². The molecule has 0 saturated carbocycles. The highest BCUT2D eigenvalue weighted by Gasteiger charge is 2.55. The van der Waals surface area contributed by atoms with Crippen molar-refractivity contribution in [3.8, 4) is 17.2 Å². The van der Waals surface area contributed by atoms with Crippen molar-refractivity contribution < 1.29 is 33.6 Å². The van der Waals surface area contributed by atoms with Gasteiger partial charge in [0.05, 0.1) is 19.6 Å². The largest absolute Gasteiger partial charge is 0.632 e. The van der Waals surface area contributed by atoms with Crippen molar-refractivity contribution in [1.82, 2.24) is 4.90 Å². The molecule has 4 atom stereocenters. The molecule has 1 fully saturated rings. The molecule has 2 heterocycles. The number of hydrogen-bond donors (Lipinski definition) is 1. The van der Waals surface area contributed by atoms with Crippen molar-refractivity contribution in [1.29, 1.82) is 0 Å². The van der Waals surface area contributed by atoms with Crippen molar-refractivity contribution in [2.24, 2.45) is 5.92 Å². The summed E-state index contributed by atoms with van der Waals surface area (Å²) in [5.41, 5.74) is 1.27. The number of unbranched alkanes of at least 4 members (excludes halogenated alkanes) is 2. The molecule has 1 unspecified atom stereocenters. The maximum Gasteiger partial charge on any atom is 0.313 e. The number of carbonyl (C=O) groups is 2. The Morgan fingerprint density at radius 3 is 2.26 bits per heavy atom. The molecule has 0 radical (unpaired) electrons. The van der Waals surface area contributed by atoms with Crippen LogP contribution < -0.4 is 14.2 Å². The summed E-state index contributed by atoms with van der Waals surface area (Å²) < 4.78 is 15.3. The van der Waals surface area contributed by atoms with Crippen LogP contribution in [0, 0.1) is 11.1 Å². The zero-order valence-corrected chi connectivity index (χ0v) is 22.4. The van der Waals surface area contributed by atoms with E-state index in [1.54, 1.807) is 54.5 Å². The van der Waals surface area contributed by atoms with Crippen LogP contribution in [0.1, 0.15) is 62.6 Å². The number of likely N-dealkylation sites (tertiary alicyclic amines) is 1. The number of rotatable bonds is 12. The minimum absolute atomic E-state index is 0.0333. The molecule has 206 valence electrons. The van der Waals surface area contributed by atoms with E-state index < -0.39 is 28.5 Å². The molecular formula is C29H38N2O7. The van der Waals surface area contributed by atoms with Crippen LogP contribution in [0.2, 0.25) is 0 Å². The number of methoxy groups -OCH3 is 1. The standard InChI is InChI=1S/C29H38N2O7/c1-4-6-14-30(15-7-5-2)26(32)18-31(35)17-23(21-10-13-24-25(16-21)38-19-37-24)27(29(33)34)28(31)20-8-11-22(36-3)12-9-20/h8-13,16,23,27-28H,4-7,14-15,17-19H2,1-3H3,(H,33,34)/t23-,27-,28+,31?/m1/s1. The van der Waals surface area contributed by atoms with Crippen LogP contribution in [-0.4, -0.2) is 66.6 Å². The Kier molecular flexibility index (Phi) is 8.79. The monoisotopic (exact) mass is 526 g/mol. The molecule has 1 N–H and O–H groups in total. The molecule has 4 rings (SSSR count). The number of aliphatic carboxylic acids is 1. The molecule has 38 heavy (non-hydrogen) atoms. The van der Waals surface area contributed by atoms with E-state index in [2.05, 4.69) is 13.8 Å². The molecule has 0 spiro atoms. The number of carbonyl (C=O) groups excluding carboxylic acids is 1. The highest BCUT2D eigenvalue weighted by molar-refractivity contribution is 5.78. The predicted octanol–water partition coefficient (Wildman–Crippen LogP) is 4.71. The zero-order valence-electron chi connectivity index (χ0n) is 22.4. The van der Waals surface area contributed by atoms with Crippen LogP contribution in [0.3, 0.4) is 0 Å². The van der Waals surface area contributed by atoms with Crippen LogP contribution in [0.5, 0.6) is 17.2 Å². The van der Waals surface area contributed by atoms with Crippen molar-refractivity contribution in [2.45, 2.75) is 51.5 Å². The first kappa shape index (κ1) is 27.7. The van der Waals surface area contributed by atoms with E-state index in [4.69, 9.17) is 14.2 Å². The van der Waals surface area contributed by atoms with Gasteiger partial charge in [0.1, 0.15) is 17.7 Å². The van der Waals surface area contributed by atoms with Gasteiger partial charge < -0.3 is 34.1 Å². The summed E-state index contributed by atoms with van der Waals surface area (Å²) in [6, 6.07) is 11.3. The molecule has 2 aliphatic rings. The fraction of sp³-hybridized carbons (Fsp3) is 0.517. The van der Waals surface area contributed by atoms with Gasteiger partial charge in [-0.2, -0.15) is 0 Å². The van der Waals surface area contributed by atoms with E-state index >= 15 is 0 Å². The molecule has 2 aromatic carbocycles. The number of quaternary nitrogens is 1. The van der Waals surface area contributed by atoms with E-state index in [-0.39, 0.29) is 25.8 Å². The van der Waals surface area contributed by atoms with Gasteiger partial charge >= 0.3 is 5.97 Å². The van der Waals surface area contributed by atoms with Crippen LogP contribution >= 0.6 is 0 Å². The van der Waals surface area contributed by atoms with Crippen molar-refractivity contribution in [2.75, 3.05) is 40.1 Å².